The number of benzene rings is 1. The van der Waals surface area contributed by atoms with Crippen LogP contribution in [0.5, 0.6) is 0 Å². The van der Waals surface area contributed by atoms with Gasteiger partial charge in [-0.25, -0.2) is 4.58 Å². The lowest BCUT2D eigenvalue weighted by Crippen LogP contribution is -1.97. The summed E-state index contributed by atoms with van der Waals surface area (Å²) < 4.78 is 1.65. The molecule has 3 nitrogen and oxygen atoms in total. The maximum atomic E-state index is 10.5. The summed E-state index contributed by atoms with van der Waals surface area (Å²) in [5, 5.41) is 10.5. The summed E-state index contributed by atoms with van der Waals surface area (Å²) in [7, 11) is 1.80. The molecule has 0 bridgehead atoms. The Morgan fingerprint density at radius 2 is 2.17 bits per heavy atom. The van der Waals surface area contributed by atoms with Crippen molar-refractivity contribution in [1.29, 1.82) is 0 Å². The van der Waals surface area contributed by atoms with Crippen molar-refractivity contribution in [2.75, 3.05) is 12.5 Å². The minimum Gasteiger partial charge on any atom is -0.761 e. The van der Waals surface area contributed by atoms with Gasteiger partial charge in [-0.2, -0.15) is 0 Å². The van der Waals surface area contributed by atoms with E-state index < -0.39 is 0 Å². The van der Waals surface area contributed by atoms with E-state index in [1.165, 1.54) is 0 Å². The Balaban J connectivity index is 3.20. The first-order chi connectivity index (χ1) is 5.65. The van der Waals surface area contributed by atoms with E-state index in [2.05, 4.69) is 6.72 Å². The highest BCUT2D eigenvalue weighted by molar-refractivity contribution is 5.63. The van der Waals surface area contributed by atoms with Gasteiger partial charge in [0.15, 0.2) is 0 Å². The van der Waals surface area contributed by atoms with Gasteiger partial charge in [0.25, 0.3) is 0 Å². The van der Waals surface area contributed by atoms with Crippen molar-refractivity contribution >= 4 is 18.1 Å². The third kappa shape index (κ3) is 1.62. The predicted octanol–water partition coefficient (Wildman–Crippen LogP) is 1.88. The van der Waals surface area contributed by atoms with Crippen LogP contribution in [-0.4, -0.2) is 18.3 Å². The molecule has 0 saturated heterocycles. The number of aryl methyl sites for hydroxylation is 1. The van der Waals surface area contributed by atoms with Crippen LogP contribution in [0.1, 0.15) is 5.56 Å². The van der Waals surface area contributed by atoms with Crippen molar-refractivity contribution < 1.29 is 4.58 Å². The van der Waals surface area contributed by atoms with Crippen LogP contribution in [0.4, 0.5) is 11.4 Å². The Hall–Kier alpha value is -1.35. The van der Waals surface area contributed by atoms with Crippen LogP contribution in [0.15, 0.2) is 18.2 Å². The van der Waals surface area contributed by atoms with Gasteiger partial charge in [0.05, 0.1) is 5.69 Å². The first-order valence-corrected chi connectivity index (χ1v) is 3.68. The lowest BCUT2D eigenvalue weighted by atomic mass is 10.2. The summed E-state index contributed by atoms with van der Waals surface area (Å²) in [5.41, 5.74) is 4.30. The summed E-state index contributed by atoms with van der Waals surface area (Å²) in [5.74, 6) is 0. The Morgan fingerprint density at radius 1 is 1.50 bits per heavy atom. The van der Waals surface area contributed by atoms with Gasteiger partial charge in [0, 0.05) is 6.07 Å². The number of nitrogens with zero attached hydrogens (tertiary/aromatic N) is 1. The second-order valence-electron chi connectivity index (χ2n) is 2.82. The van der Waals surface area contributed by atoms with Crippen LogP contribution in [-0.2, 0) is 0 Å². The van der Waals surface area contributed by atoms with E-state index in [1.54, 1.807) is 17.7 Å². The molecule has 64 valence electrons. The summed E-state index contributed by atoms with van der Waals surface area (Å²) >= 11 is 0. The lowest BCUT2D eigenvalue weighted by molar-refractivity contribution is -0.393. The fraction of sp³-hybridized carbons (Fsp3) is 0.222. The minimum atomic E-state index is 0.563. The highest BCUT2D eigenvalue weighted by Gasteiger charge is 2.05. The molecule has 0 aromatic heterocycles. The van der Waals surface area contributed by atoms with E-state index in [-0.39, 0.29) is 0 Å². The molecule has 1 aromatic carbocycles. The second kappa shape index (κ2) is 3.36. The molecule has 1 aromatic rings. The number of hydrogen-bond donors (Lipinski definition) is 1. The molecule has 0 amide bonds. The molecule has 0 aliphatic carbocycles. The first kappa shape index (κ1) is 8.74. The molecule has 0 aliphatic rings. The summed E-state index contributed by atoms with van der Waals surface area (Å²) in [6.07, 6.45) is 0. The molecular formula is C9H12N2O. The monoisotopic (exact) mass is 164 g/mol. The van der Waals surface area contributed by atoms with E-state index in [9.17, 15) is 5.21 Å². The summed E-state index contributed by atoms with van der Waals surface area (Å²) in [4.78, 5) is 0. The SMILES string of the molecule is C=[N+](C)c1ccc(C)cc1N[O-]. The third-order valence-electron chi connectivity index (χ3n) is 1.67. The van der Waals surface area contributed by atoms with Crippen molar-refractivity contribution in [2.45, 2.75) is 6.92 Å². The molecule has 0 fully saturated rings. The van der Waals surface area contributed by atoms with Gasteiger partial charge < -0.3 is 10.7 Å². The van der Waals surface area contributed by atoms with Crippen LogP contribution in [0.2, 0.25) is 0 Å². The Kier molecular flexibility index (Phi) is 2.45. The predicted molar refractivity (Wildman–Crippen MR) is 51.1 cm³/mol. The highest BCUT2D eigenvalue weighted by Crippen LogP contribution is 2.23. The topological polar surface area (TPSA) is 38.1 Å². The van der Waals surface area contributed by atoms with Crippen LogP contribution in [0.25, 0.3) is 0 Å². The fourth-order valence-electron chi connectivity index (χ4n) is 1.06. The Labute approximate surface area is 71.9 Å². The minimum absolute atomic E-state index is 0.563. The fourth-order valence-corrected chi connectivity index (χ4v) is 1.06. The number of rotatable bonds is 2. The average molecular weight is 164 g/mol. The Bertz CT molecular complexity index is 307. The summed E-state index contributed by atoms with van der Waals surface area (Å²) in [6.45, 7) is 5.64. The van der Waals surface area contributed by atoms with Crippen molar-refractivity contribution in [3.63, 3.8) is 0 Å². The van der Waals surface area contributed by atoms with Crippen LogP contribution >= 0.6 is 0 Å². The van der Waals surface area contributed by atoms with Crippen LogP contribution in [0, 0.1) is 12.1 Å². The smallest absolute Gasteiger partial charge is 0.227 e. The molecule has 0 aliphatic heterocycles. The standard InChI is InChI=1S/C9H12N2O/c1-7-4-5-9(11(2)3)8(6-7)10-12/h4-6,10H,2H2,1,3H3. The van der Waals surface area contributed by atoms with Crippen LogP contribution in [0.3, 0.4) is 0 Å². The van der Waals surface area contributed by atoms with Crippen molar-refractivity contribution in [2.24, 2.45) is 0 Å². The van der Waals surface area contributed by atoms with Gasteiger partial charge in [-0.15, -0.1) is 0 Å². The molecule has 0 radical (unpaired) electrons. The molecule has 1 N–H and O–H groups in total. The van der Waals surface area contributed by atoms with Gasteiger partial charge in [0.1, 0.15) is 13.8 Å². The maximum Gasteiger partial charge on any atom is 0.227 e. The van der Waals surface area contributed by atoms with Gasteiger partial charge in [-0.05, 0) is 18.6 Å². The van der Waals surface area contributed by atoms with Gasteiger partial charge >= 0.3 is 0 Å². The van der Waals surface area contributed by atoms with Crippen molar-refractivity contribution in [3.05, 3.63) is 29.0 Å². The zero-order chi connectivity index (χ0) is 9.14. The molecule has 1 rings (SSSR count). The van der Waals surface area contributed by atoms with E-state index in [0.29, 0.717) is 5.69 Å². The molecular weight excluding hydrogens is 152 g/mol. The normalized spacial score (nSPS) is 9.58. The van der Waals surface area contributed by atoms with Gasteiger partial charge in [0.2, 0.25) is 5.69 Å². The van der Waals surface area contributed by atoms with E-state index >= 15 is 0 Å². The second-order valence-corrected chi connectivity index (χ2v) is 2.82. The molecule has 0 heterocycles. The van der Waals surface area contributed by atoms with Crippen molar-refractivity contribution in [3.8, 4) is 0 Å². The number of nitrogens with one attached hydrogen (secondary N) is 1. The van der Waals surface area contributed by atoms with Gasteiger partial charge in [-0.3, -0.25) is 0 Å². The quantitative estimate of drug-likeness (QED) is 0.411. The van der Waals surface area contributed by atoms with Gasteiger partial charge in [-0.1, -0.05) is 6.07 Å². The highest BCUT2D eigenvalue weighted by atomic mass is 16.5. The third-order valence-corrected chi connectivity index (χ3v) is 1.67. The maximum absolute atomic E-state index is 10.5. The molecule has 3 heteroatoms. The summed E-state index contributed by atoms with van der Waals surface area (Å²) in [6, 6.07) is 5.60. The van der Waals surface area contributed by atoms with E-state index in [0.717, 1.165) is 11.3 Å². The largest absolute Gasteiger partial charge is 0.761 e. The Morgan fingerprint density at radius 3 is 2.67 bits per heavy atom. The first-order valence-electron chi connectivity index (χ1n) is 3.68. The molecule has 0 unspecified atom stereocenters. The van der Waals surface area contributed by atoms with E-state index in [1.807, 2.05) is 24.5 Å². The van der Waals surface area contributed by atoms with Crippen molar-refractivity contribution in [1.82, 2.24) is 0 Å². The lowest BCUT2D eigenvalue weighted by Gasteiger charge is -2.11. The molecule has 0 saturated carbocycles. The zero-order valence-electron chi connectivity index (χ0n) is 7.29. The molecule has 12 heavy (non-hydrogen) atoms. The molecule has 0 spiro atoms. The number of anilines is 1. The van der Waals surface area contributed by atoms with Crippen LogP contribution < -0.4 is 5.48 Å². The molecule has 0 atom stereocenters. The average Bonchev–Trinajstić information content (AvgIpc) is 2.03. The zero-order valence-corrected chi connectivity index (χ0v) is 7.29. The van der Waals surface area contributed by atoms with E-state index in [4.69, 9.17) is 0 Å². The number of hydrogen-bond acceptors (Lipinski definition) is 2.